The van der Waals surface area contributed by atoms with Crippen LogP contribution in [0.3, 0.4) is 0 Å². The summed E-state index contributed by atoms with van der Waals surface area (Å²) in [6.45, 7) is 4.08. The van der Waals surface area contributed by atoms with Gasteiger partial charge in [0, 0.05) is 49.9 Å². The number of hydrogen-bond donors (Lipinski definition) is 1. The highest BCUT2D eigenvalue weighted by Gasteiger charge is 2.20. The third-order valence-electron chi connectivity index (χ3n) is 6.68. The number of para-hydroxylation sites is 1. The minimum absolute atomic E-state index is 0.262. The molecule has 0 saturated carbocycles. The van der Waals surface area contributed by atoms with Crippen molar-refractivity contribution >= 4 is 51.4 Å². The van der Waals surface area contributed by atoms with Gasteiger partial charge in [-0.3, -0.25) is 9.78 Å². The lowest BCUT2D eigenvalue weighted by Gasteiger charge is -2.34. The van der Waals surface area contributed by atoms with Crippen molar-refractivity contribution in [2.45, 2.75) is 0 Å². The van der Waals surface area contributed by atoms with Crippen LogP contribution in [0.5, 0.6) is 0 Å². The number of nitrogens with one attached hydrogen (secondary N) is 1. The molecule has 1 fully saturated rings. The highest BCUT2D eigenvalue weighted by atomic mass is 35.5. The maximum absolute atomic E-state index is 13.5. The van der Waals surface area contributed by atoms with Crippen molar-refractivity contribution in [3.8, 4) is 17.1 Å². The van der Waals surface area contributed by atoms with Gasteiger partial charge in [-0.25, -0.2) is 9.97 Å². The van der Waals surface area contributed by atoms with Gasteiger partial charge in [-0.15, -0.1) is 0 Å². The molecule has 11 heteroatoms. The second-order valence-electron chi connectivity index (χ2n) is 9.27. The van der Waals surface area contributed by atoms with E-state index in [4.69, 9.17) is 23.2 Å². The Morgan fingerprint density at radius 3 is 2.31 bits per heavy atom. The number of hydrogen-bond acceptors (Lipinski definition) is 8. The fourth-order valence-electron chi connectivity index (χ4n) is 4.55. The largest absolute Gasteiger partial charge is 0.369 e. The first-order valence-electron chi connectivity index (χ1n) is 12.4. The molecule has 3 aromatic heterocycles. The fourth-order valence-corrected chi connectivity index (χ4v) is 5.11. The van der Waals surface area contributed by atoms with Crippen molar-refractivity contribution in [3.63, 3.8) is 0 Å². The summed E-state index contributed by atoms with van der Waals surface area (Å²) < 4.78 is 1.19. The molecular formula is C28H24Cl2N8O. The molecule has 5 aromatic rings. The van der Waals surface area contributed by atoms with E-state index in [0.29, 0.717) is 32.9 Å². The predicted molar refractivity (Wildman–Crippen MR) is 156 cm³/mol. The van der Waals surface area contributed by atoms with Gasteiger partial charge in [-0.05, 0) is 55.6 Å². The molecule has 4 heterocycles. The Morgan fingerprint density at radius 2 is 1.62 bits per heavy atom. The highest BCUT2D eigenvalue weighted by Crippen LogP contribution is 2.30. The molecule has 6 rings (SSSR count). The average molecular weight is 559 g/mol. The number of benzene rings is 2. The first-order valence-corrected chi connectivity index (χ1v) is 13.2. The fraction of sp³-hybridized carbons (Fsp3) is 0.179. The molecule has 1 N–H and O–H groups in total. The van der Waals surface area contributed by atoms with Gasteiger partial charge in [0.05, 0.1) is 21.1 Å². The van der Waals surface area contributed by atoms with Crippen LogP contribution in [-0.4, -0.2) is 62.9 Å². The molecule has 196 valence electrons. The van der Waals surface area contributed by atoms with Crippen molar-refractivity contribution in [1.82, 2.24) is 29.6 Å². The smallest absolute Gasteiger partial charge is 0.282 e. The van der Waals surface area contributed by atoms with Crippen LogP contribution in [0.25, 0.3) is 28.0 Å². The Morgan fingerprint density at radius 1 is 0.872 bits per heavy atom. The van der Waals surface area contributed by atoms with Gasteiger partial charge in [0.15, 0.2) is 0 Å². The zero-order chi connectivity index (χ0) is 26.9. The number of anilines is 3. The third kappa shape index (κ3) is 5.04. The van der Waals surface area contributed by atoms with Crippen molar-refractivity contribution in [3.05, 3.63) is 93.5 Å². The third-order valence-corrected chi connectivity index (χ3v) is 7.29. The summed E-state index contributed by atoms with van der Waals surface area (Å²) in [5.74, 6) is 0.335. The number of pyridine rings is 1. The molecule has 1 saturated heterocycles. The van der Waals surface area contributed by atoms with E-state index in [1.807, 2.05) is 18.2 Å². The van der Waals surface area contributed by atoms with Gasteiger partial charge in [0.25, 0.3) is 5.56 Å². The van der Waals surface area contributed by atoms with E-state index in [9.17, 15) is 4.79 Å². The normalized spacial score (nSPS) is 14.1. The van der Waals surface area contributed by atoms with E-state index < -0.39 is 5.56 Å². The quantitative estimate of drug-likeness (QED) is 0.320. The topological polar surface area (TPSA) is 92.1 Å². The van der Waals surface area contributed by atoms with E-state index in [2.05, 4.69) is 54.3 Å². The molecule has 0 atom stereocenters. The number of halogens is 2. The van der Waals surface area contributed by atoms with E-state index in [0.717, 1.165) is 31.9 Å². The van der Waals surface area contributed by atoms with E-state index in [1.54, 1.807) is 36.5 Å². The number of rotatable bonds is 5. The molecule has 0 spiro atoms. The van der Waals surface area contributed by atoms with Crippen LogP contribution in [0, 0.1) is 0 Å². The lowest BCUT2D eigenvalue weighted by atomic mass is 10.2. The Labute approximate surface area is 234 Å². The van der Waals surface area contributed by atoms with Crippen LogP contribution in [0.1, 0.15) is 0 Å². The molecule has 1 aliphatic heterocycles. The number of likely N-dealkylation sites (N-methyl/N-ethyl adjacent to an activating group) is 1. The van der Waals surface area contributed by atoms with Crippen LogP contribution >= 0.6 is 23.2 Å². The summed E-state index contributed by atoms with van der Waals surface area (Å²) in [6, 6.07) is 18.6. The van der Waals surface area contributed by atoms with Crippen LogP contribution in [0.15, 0.2) is 77.9 Å². The molecule has 2 aromatic carbocycles. The molecule has 0 aliphatic carbocycles. The van der Waals surface area contributed by atoms with Gasteiger partial charge >= 0.3 is 0 Å². The van der Waals surface area contributed by atoms with Gasteiger partial charge in [0.2, 0.25) is 5.95 Å². The Kier molecular flexibility index (Phi) is 6.86. The molecule has 1 aliphatic rings. The van der Waals surface area contributed by atoms with E-state index in [-0.39, 0.29) is 11.1 Å². The van der Waals surface area contributed by atoms with E-state index in [1.165, 1.54) is 16.6 Å². The lowest BCUT2D eigenvalue weighted by Crippen LogP contribution is -2.44. The van der Waals surface area contributed by atoms with Gasteiger partial charge in [-0.1, -0.05) is 35.3 Å². The minimum atomic E-state index is -0.442. The molecule has 0 unspecified atom stereocenters. The zero-order valence-corrected chi connectivity index (χ0v) is 22.6. The summed E-state index contributed by atoms with van der Waals surface area (Å²) in [4.78, 5) is 31.8. The summed E-state index contributed by atoms with van der Waals surface area (Å²) in [5, 5.41) is 8.72. The standard InChI is InChI=1S/C28H24Cl2N8O/c1-36-13-15-37(16-14-36)19-10-8-18(9-11-19)33-28-32-17-20-24(34-28)25(23-7-2-3-12-31-23)35-38(27(20)39)26-21(29)5-4-6-22(26)30/h2-12,17H,13-16H2,1H3,(H,32,33,34). The maximum Gasteiger partial charge on any atom is 0.282 e. The van der Waals surface area contributed by atoms with Crippen molar-refractivity contribution < 1.29 is 0 Å². The molecule has 0 bridgehead atoms. The molecule has 39 heavy (non-hydrogen) atoms. The van der Waals surface area contributed by atoms with Crippen LogP contribution in [0.4, 0.5) is 17.3 Å². The van der Waals surface area contributed by atoms with Gasteiger partial charge < -0.3 is 15.1 Å². The Hall–Kier alpha value is -4.05. The second-order valence-corrected chi connectivity index (χ2v) is 10.1. The SMILES string of the molecule is CN1CCN(c2ccc(Nc3ncc4c(=O)n(-c5c(Cl)cccc5Cl)nc(-c5ccccn5)c4n3)cc2)CC1. The minimum Gasteiger partial charge on any atom is -0.369 e. The first kappa shape index (κ1) is 25.2. The molecule has 0 amide bonds. The second kappa shape index (κ2) is 10.6. The average Bonchev–Trinajstić information content (AvgIpc) is 2.95. The van der Waals surface area contributed by atoms with Gasteiger partial charge in [0.1, 0.15) is 16.9 Å². The predicted octanol–water partition coefficient (Wildman–Crippen LogP) is 5.04. The first-order chi connectivity index (χ1) is 19.0. The summed E-state index contributed by atoms with van der Waals surface area (Å²) in [7, 11) is 2.14. The number of nitrogens with zero attached hydrogens (tertiary/aromatic N) is 7. The lowest BCUT2D eigenvalue weighted by molar-refractivity contribution is 0.313. The molecular weight excluding hydrogens is 535 g/mol. The van der Waals surface area contributed by atoms with Crippen LogP contribution in [0.2, 0.25) is 10.0 Å². The van der Waals surface area contributed by atoms with Crippen molar-refractivity contribution in [2.24, 2.45) is 0 Å². The number of piperazine rings is 1. The molecule has 9 nitrogen and oxygen atoms in total. The Balaban J connectivity index is 1.40. The van der Waals surface area contributed by atoms with Crippen LogP contribution in [-0.2, 0) is 0 Å². The number of fused-ring (bicyclic) bond motifs is 1. The Bertz CT molecular complexity index is 1680. The van der Waals surface area contributed by atoms with Crippen LogP contribution < -0.4 is 15.8 Å². The van der Waals surface area contributed by atoms with E-state index >= 15 is 0 Å². The van der Waals surface area contributed by atoms with Crippen molar-refractivity contribution in [1.29, 1.82) is 0 Å². The summed E-state index contributed by atoms with van der Waals surface area (Å²) >= 11 is 12.8. The molecule has 0 radical (unpaired) electrons. The van der Waals surface area contributed by atoms with Crippen molar-refractivity contribution in [2.75, 3.05) is 43.4 Å². The van der Waals surface area contributed by atoms with Gasteiger partial charge in [-0.2, -0.15) is 9.78 Å². The maximum atomic E-state index is 13.5. The zero-order valence-electron chi connectivity index (χ0n) is 21.1. The highest BCUT2D eigenvalue weighted by molar-refractivity contribution is 6.37. The monoisotopic (exact) mass is 558 g/mol. The summed E-state index contributed by atoms with van der Waals surface area (Å²) in [5.41, 5.74) is 3.15. The summed E-state index contributed by atoms with van der Waals surface area (Å²) in [6.07, 6.45) is 3.14. The number of aromatic nitrogens is 5.